The normalized spacial score (nSPS) is 13.2. The number of sulfonamides is 1. The van der Waals surface area contributed by atoms with Crippen molar-refractivity contribution in [3.8, 4) is 0 Å². The molecule has 1 aromatic rings. The Morgan fingerprint density at radius 3 is 2.50 bits per heavy atom. The van der Waals surface area contributed by atoms with Crippen LogP contribution in [-0.2, 0) is 14.8 Å². The van der Waals surface area contributed by atoms with Crippen LogP contribution in [-0.4, -0.2) is 25.6 Å². The van der Waals surface area contributed by atoms with E-state index < -0.39 is 22.0 Å². The van der Waals surface area contributed by atoms with Crippen LogP contribution in [0.4, 0.5) is 0 Å². The number of nitrogens with one attached hydrogen (secondary N) is 2. The van der Waals surface area contributed by atoms with Crippen LogP contribution in [0.25, 0.3) is 6.08 Å². The van der Waals surface area contributed by atoms with E-state index in [1.54, 1.807) is 12.1 Å². The molecular weight excluding hydrogens is 304 g/mol. The van der Waals surface area contributed by atoms with Gasteiger partial charge in [-0.1, -0.05) is 44.1 Å². The topological polar surface area (TPSA) is 95.5 Å². The number of hydroxylamine groups is 1. The number of carbonyl (C=O) groups is 1. The SMILES string of the molecule is CCCCC=Cc1ccc(S(=O)(=O)N[C@H](C)C(=O)NO)cc1. The lowest BCUT2D eigenvalue weighted by Crippen LogP contribution is -2.43. The lowest BCUT2D eigenvalue weighted by molar-refractivity contribution is -0.130. The van der Waals surface area contributed by atoms with E-state index in [2.05, 4.69) is 17.7 Å². The molecule has 0 saturated heterocycles. The van der Waals surface area contributed by atoms with Crippen molar-refractivity contribution >= 4 is 22.0 Å². The van der Waals surface area contributed by atoms with E-state index in [4.69, 9.17) is 5.21 Å². The summed E-state index contributed by atoms with van der Waals surface area (Å²) < 4.78 is 26.4. The average Bonchev–Trinajstić information content (AvgIpc) is 2.50. The van der Waals surface area contributed by atoms with Gasteiger partial charge in [0.05, 0.1) is 4.90 Å². The summed E-state index contributed by atoms with van der Waals surface area (Å²) in [5.41, 5.74) is 2.32. The highest BCUT2D eigenvalue weighted by molar-refractivity contribution is 7.89. The monoisotopic (exact) mass is 326 g/mol. The first kappa shape index (κ1) is 18.3. The Hall–Kier alpha value is -1.70. The predicted octanol–water partition coefficient (Wildman–Crippen LogP) is 2.06. The van der Waals surface area contributed by atoms with Gasteiger partial charge in [0.25, 0.3) is 5.91 Å². The number of hydrogen-bond acceptors (Lipinski definition) is 4. The van der Waals surface area contributed by atoms with Crippen LogP contribution >= 0.6 is 0 Å². The average molecular weight is 326 g/mol. The van der Waals surface area contributed by atoms with Gasteiger partial charge in [-0.05, 0) is 31.0 Å². The highest BCUT2D eigenvalue weighted by Crippen LogP contribution is 2.12. The van der Waals surface area contributed by atoms with Gasteiger partial charge in [-0.2, -0.15) is 4.72 Å². The molecule has 122 valence electrons. The van der Waals surface area contributed by atoms with E-state index in [-0.39, 0.29) is 4.90 Å². The minimum absolute atomic E-state index is 0.0656. The van der Waals surface area contributed by atoms with Gasteiger partial charge < -0.3 is 0 Å². The number of benzene rings is 1. The Balaban J connectivity index is 2.76. The van der Waals surface area contributed by atoms with Gasteiger partial charge in [0, 0.05) is 0 Å². The second-order valence-electron chi connectivity index (χ2n) is 4.93. The zero-order valence-electron chi connectivity index (χ0n) is 12.7. The fourth-order valence-electron chi connectivity index (χ4n) is 1.75. The van der Waals surface area contributed by atoms with Crippen LogP contribution < -0.4 is 10.2 Å². The minimum Gasteiger partial charge on any atom is -0.289 e. The van der Waals surface area contributed by atoms with Crippen LogP contribution in [0, 0.1) is 0 Å². The largest absolute Gasteiger partial charge is 0.289 e. The molecule has 0 saturated carbocycles. The van der Waals surface area contributed by atoms with Crippen molar-refractivity contribution in [1.29, 1.82) is 0 Å². The Labute approximate surface area is 131 Å². The van der Waals surface area contributed by atoms with Crippen LogP contribution in [0.3, 0.4) is 0 Å². The summed E-state index contributed by atoms with van der Waals surface area (Å²) in [6, 6.07) is 5.29. The van der Waals surface area contributed by atoms with E-state index in [1.807, 2.05) is 6.08 Å². The second kappa shape index (κ2) is 8.67. The van der Waals surface area contributed by atoms with E-state index in [0.717, 1.165) is 24.8 Å². The molecule has 0 aliphatic rings. The molecule has 0 fully saturated rings. The standard InChI is InChI=1S/C15H22N2O4S/c1-3-4-5-6-7-13-8-10-14(11-9-13)22(20,21)17-12(2)15(18)16-19/h6-12,17,19H,3-5H2,1-2H3,(H,16,18)/t12-/m1/s1. The van der Waals surface area contributed by atoms with Gasteiger partial charge in [0.1, 0.15) is 6.04 Å². The van der Waals surface area contributed by atoms with E-state index in [0.29, 0.717) is 0 Å². The maximum atomic E-state index is 12.1. The molecule has 22 heavy (non-hydrogen) atoms. The first-order chi connectivity index (χ1) is 10.4. The molecule has 0 unspecified atom stereocenters. The van der Waals surface area contributed by atoms with Gasteiger partial charge in [-0.15, -0.1) is 0 Å². The molecule has 1 atom stereocenters. The molecule has 0 aliphatic heterocycles. The van der Waals surface area contributed by atoms with Gasteiger partial charge >= 0.3 is 0 Å². The van der Waals surface area contributed by atoms with Gasteiger partial charge in [-0.3, -0.25) is 10.0 Å². The summed E-state index contributed by atoms with van der Waals surface area (Å²) in [6.45, 7) is 3.46. The van der Waals surface area contributed by atoms with Crippen molar-refractivity contribution in [2.45, 2.75) is 44.0 Å². The molecule has 0 radical (unpaired) electrons. The number of carbonyl (C=O) groups excluding carboxylic acids is 1. The Bertz CT molecular complexity index is 609. The molecular formula is C15H22N2O4S. The molecule has 6 nitrogen and oxygen atoms in total. The Morgan fingerprint density at radius 2 is 1.95 bits per heavy atom. The van der Waals surface area contributed by atoms with Crippen molar-refractivity contribution in [3.05, 3.63) is 35.9 Å². The summed E-state index contributed by atoms with van der Waals surface area (Å²) >= 11 is 0. The first-order valence-corrected chi connectivity index (χ1v) is 8.62. The quantitative estimate of drug-likeness (QED) is 0.387. The molecule has 1 aromatic carbocycles. The third-order valence-corrected chi connectivity index (χ3v) is 4.62. The van der Waals surface area contributed by atoms with Gasteiger partial charge in [0.2, 0.25) is 10.0 Å². The van der Waals surface area contributed by atoms with Crippen molar-refractivity contribution < 1.29 is 18.4 Å². The van der Waals surface area contributed by atoms with Crippen molar-refractivity contribution in [1.82, 2.24) is 10.2 Å². The first-order valence-electron chi connectivity index (χ1n) is 7.13. The summed E-state index contributed by atoms with van der Waals surface area (Å²) in [5, 5.41) is 8.49. The van der Waals surface area contributed by atoms with Gasteiger partial charge in [0.15, 0.2) is 0 Å². The van der Waals surface area contributed by atoms with Crippen LogP contribution in [0.1, 0.15) is 38.7 Å². The molecule has 0 bridgehead atoms. The van der Waals surface area contributed by atoms with Crippen molar-refractivity contribution in [3.63, 3.8) is 0 Å². The maximum Gasteiger partial charge on any atom is 0.261 e. The van der Waals surface area contributed by atoms with Crippen LogP contribution in [0.5, 0.6) is 0 Å². The lowest BCUT2D eigenvalue weighted by atomic mass is 10.2. The third kappa shape index (κ3) is 5.59. The van der Waals surface area contributed by atoms with Crippen LogP contribution in [0.15, 0.2) is 35.2 Å². The minimum atomic E-state index is -3.81. The number of amides is 1. The second-order valence-corrected chi connectivity index (χ2v) is 6.65. The highest BCUT2D eigenvalue weighted by Gasteiger charge is 2.21. The van der Waals surface area contributed by atoms with Crippen molar-refractivity contribution in [2.75, 3.05) is 0 Å². The third-order valence-electron chi connectivity index (χ3n) is 3.06. The maximum absolute atomic E-state index is 12.1. The van der Waals surface area contributed by atoms with E-state index in [1.165, 1.54) is 24.5 Å². The summed E-state index contributed by atoms with van der Waals surface area (Å²) in [5.74, 6) is -0.820. The predicted molar refractivity (Wildman–Crippen MR) is 84.7 cm³/mol. The molecule has 3 N–H and O–H groups in total. The number of hydrogen-bond donors (Lipinski definition) is 3. The highest BCUT2D eigenvalue weighted by atomic mass is 32.2. The molecule has 0 heterocycles. The molecule has 7 heteroatoms. The number of unbranched alkanes of at least 4 members (excludes halogenated alkanes) is 2. The van der Waals surface area contributed by atoms with Crippen molar-refractivity contribution in [2.24, 2.45) is 0 Å². The van der Waals surface area contributed by atoms with Crippen LogP contribution in [0.2, 0.25) is 0 Å². The lowest BCUT2D eigenvalue weighted by Gasteiger charge is -2.12. The van der Waals surface area contributed by atoms with E-state index >= 15 is 0 Å². The molecule has 1 rings (SSSR count). The molecule has 1 amide bonds. The van der Waals surface area contributed by atoms with E-state index in [9.17, 15) is 13.2 Å². The summed E-state index contributed by atoms with van der Waals surface area (Å²) in [7, 11) is -3.81. The Morgan fingerprint density at radius 1 is 1.32 bits per heavy atom. The fourth-order valence-corrected chi connectivity index (χ4v) is 2.95. The number of allylic oxidation sites excluding steroid dienone is 1. The zero-order valence-corrected chi connectivity index (χ0v) is 13.6. The summed E-state index contributed by atoms with van der Waals surface area (Å²) in [4.78, 5) is 11.2. The fraction of sp³-hybridized carbons (Fsp3) is 0.400. The molecule has 0 aliphatic carbocycles. The summed E-state index contributed by atoms with van der Waals surface area (Å²) in [6.07, 6.45) is 7.25. The zero-order chi connectivity index (χ0) is 16.6. The Kier molecular flexibility index (Phi) is 7.23. The molecule has 0 aromatic heterocycles. The van der Waals surface area contributed by atoms with Gasteiger partial charge in [-0.25, -0.2) is 13.9 Å². The smallest absolute Gasteiger partial charge is 0.261 e. The number of rotatable bonds is 8. The molecule has 0 spiro atoms.